The van der Waals surface area contributed by atoms with Gasteiger partial charge < -0.3 is 15.7 Å². The summed E-state index contributed by atoms with van der Waals surface area (Å²) >= 11 is 0. The number of rotatable bonds is 4. The summed E-state index contributed by atoms with van der Waals surface area (Å²) in [6.45, 7) is 1.93. The first-order valence-corrected chi connectivity index (χ1v) is 4.85. The van der Waals surface area contributed by atoms with Crippen molar-refractivity contribution in [2.24, 2.45) is 0 Å². The summed E-state index contributed by atoms with van der Waals surface area (Å²) in [4.78, 5) is 12.0. The van der Waals surface area contributed by atoms with Crippen LogP contribution < -0.4 is 10.6 Å². The quantitative estimate of drug-likeness (QED) is 0.453. The van der Waals surface area contributed by atoms with E-state index >= 15 is 0 Å². The second-order valence-electron chi connectivity index (χ2n) is 3.70. The molecule has 0 aliphatic carbocycles. The molecule has 1 rings (SSSR count). The van der Waals surface area contributed by atoms with Gasteiger partial charge in [-0.05, 0) is 19.1 Å². The summed E-state index contributed by atoms with van der Waals surface area (Å²) in [5.41, 5.74) is 5.97. The molecule has 0 saturated carbocycles. The van der Waals surface area contributed by atoms with E-state index in [2.05, 4.69) is 0 Å². The van der Waals surface area contributed by atoms with Gasteiger partial charge in [0.15, 0.2) is 0 Å². The van der Waals surface area contributed by atoms with Gasteiger partial charge in [-0.15, -0.1) is 0 Å². The summed E-state index contributed by atoms with van der Waals surface area (Å²) in [5.74, 6) is 0. The van der Waals surface area contributed by atoms with Gasteiger partial charge >= 0.3 is 5.69 Å². The fourth-order valence-corrected chi connectivity index (χ4v) is 1.55. The molecule has 88 valence electrons. The lowest BCUT2D eigenvalue weighted by molar-refractivity contribution is -0.383. The highest BCUT2D eigenvalue weighted by molar-refractivity contribution is 5.75. The number of aliphatic hydroxyl groups is 1. The van der Waals surface area contributed by atoms with Crippen molar-refractivity contribution in [3.05, 3.63) is 28.3 Å². The lowest BCUT2D eigenvalue weighted by atomic mass is 10.2. The Morgan fingerprint density at radius 3 is 2.75 bits per heavy atom. The molecule has 16 heavy (non-hydrogen) atoms. The molecule has 0 aromatic heterocycles. The number of benzene rings is 1. The number of aliphatic hydroxyl groups excluding tert-OH is 1. The van der Waals surface area contributed by atoms with Crippen molar-refractivity contribution in [2.45, 2.75) is 13.0 Å². The summed E-state index contributed by atoms with van der Waals surface area (Å²) in [5, 5.41) is 20.1. The smallest absolute Gasteiger partial charge is 0.315 e. The van der Waals surface area contributed by atoms with Crippen LogP contribution in [0.3, 0.4) is 0 Å². The number of likely N-dealkylation sites (N-methyl/N-ethyl adjacent to an activating group) is 1. The van der Waals surface area contributed by atoms with Crippen LogP contribution in [0.15, 0.2) is 18.2 Å². The lowest BCUT2D eigenvalue weighted by Crippen LogP contribution is -2.27. The van der Waals surface area contributed by atoms with E-state index in [0.717, 1.165) is 0 Å². The number of anilines is 2. The van der Waals surface area contributed by atoms with Crippen LogP contribution >= 0.6 is 0 Å². The molecule has 0 spiro atoms. The predicted octanol–water partition coefficient (Wildman–Crippen LogP) is 0.994. The first kappa shape index (κ1) is 12.3. The Labute approximate surface area is 93.4 Å². The molecule has 6 nitrogen and oxygen atoms in total. The molecule has 0 aliphatic heterocycles. The number of nitro groups is 1. The van der Waals surface area contributed by atoms with Gasteiger partial charge in [-0.1, -0.05) is 6.07 Å². The van der Waals surface area contributed by atoms with E-state index in [0.29, 0.717) is 12.2 Å². The van der Waals surface area contributed by atoms with Gasteiger partial charge in [0.05, 0.1) is 11.0 Å². The predicted molar refractivity (Wildman–Crippen MR) is 62.5 cm³/mol. The minimum Gasteiger partial charge on any atom is -0.393 e. The Bertz CT molecular complexity index is 393. The van der Waals surface area contributed by atoms with Crippen molar-refractivity contribution in [3.63, 3.8) is 0 Å². The van der Waals surface area contributed by atoms with E-state index in [-0.39, 0.29) is 11.4 Å². The molecule has 0 amide bonds. The molecular weight excluding hydrogens is 210 g/mol. The minimum absolute atomic E-state index is 0.120. The van der Waals surface area contributed by atoms with Crippen LogP contribution in [0.5, 0.6) is 0 Å². The molecule has 3 N–H and O–H groups in total. The zero-order chi connectivity index (χ0) is 12.3. The van der Waals surface area contributed by atoms with Gasteiger partial charge in [0.1, 0.15) is 11.4 Å². The van der Waals surface area contributed by atoms with Crippen LogP contribution in [0.1, 0.15) is 6.92 Å². The second-order valence-corrected chi connectivity index (χ2v) is 3.70. The monoisotopic (exact) mass is 225 g/mol. The van der Waals surface area contributed by atoms with Crippen LogP contribution in [-0.2, 0) is 0 Å². The average molecular weight is 225 g/mol. The molecular formula is C10H15N3O3. The number of hydrogen-bond donors (Lipinski definition) is 2. The Hall–Kier alpha value is -1.82. The van der Waals surface area contributed by atoms with E-state index in [1.165, 1.54) is 6.07 Å². The Morgan fingerprint density at radius 1 is 1.62 bits per heavy atom. The maximum Gasteiger partial charge on any atom is 0.315 e. The Kier molecular flexibility index (Phi) is 3.68. The number of hydrogen-bond acceptors (Lipinski definition) is 5. The maximum absolute atomic E-state index is 10.9. The lowest BCUT2D eigenvalue weighted by Gasteiger charge is -2.20. The fraction of sp³-hybridized carbons (Fsp3) is 0.400. The van der Waals surface area contributed by atoms with Gasteiger partial charge in [-0.25, -0.2) is 0 Å². The highest BCUT2D eigenvalue weighted by atomic mass is 16.6. The van der Waals surface area contributed by atoms with E-state index in [1.54, 1.807) is 31.0 Å². The van der Waals surface area contributed by atoms with Crippen LogP contribution in [0.2, 0.25) is 0 Å². The number of nitrogen functional groups attached to an aromatic ring is 1. The van der Waals surface area contributed by atoms with E-state index in [1.807, 2.05) is 0 Å². The average Bonchev–Trinajstić information content (AvgIpc) is 2.15. The molecule has 0 radical (unpaired) electrons. The molecule has 6 heteroatoms. The van der Waals surface area contributed by atoms with Crippen molar-refractivity contribution in [1.29, 1.82) is 0 Å². The molecule has 0 bridgehead atoms. The summed E-state index contributed by atoms with van der Waals surface area (Å²) in [6.07, 6.45) is -0.564. The van der Waals surface area contributed by atoms with Gasteiger partial charge in [0, 0.05) is 13.6 Å². The highest BCUT2D eigenvalue weighted by Crippen LogP contribution is 2.32. The molecule has 1 aromatic carbocycles. The van der Waals surface area contributed by atoms with Crippen molar-refractivity contribution in [3.8, 4) is 0 Å². The van der Waals surface area contributed by atoms with Crippen molar-refractivity contribution >= 4 is 17.1 Å². The van der Waals surface area contributed by atoms with Crippen LogP contribution in [0.25, 0.3) is 0 Å². The Balaban J connectivity index is 3.12. The van der Waals surface area contributed by atoms with Gasteiger partial charge in [0.25, 0.3) is 0 Å². The van der Waals surface area contributed by atoms with Crippen molar-refractivity contribution in [1.82, 2.24) is 0 Å². The summed E-state index contributed by atoms with van der Waals surface area (Å²) in [6, 6.07) is 4.74. The molecule has 1 atom stereocenters. The highest BCUT2D eigenvalue weighted by Gasteiger charge is 2.20. The van der Waals surface area contributed by atoms with E-state index in [4.69, 9.17) is 5.73 Å². The first-order chi connectivity index (χ1) is 7.43. The second kappa shape index (κ2) is 4.80. The number of nitrogens with zero attached hydrogens (tertiary/aromatic N) is 2. The molecule has 0 saturated heterocycles. The molecule has 1 unspecified atom stereocenters. The standard InChI is InChI=1S/C10H15N3O3/c1-7(14)6-12(2)9-5-3-4-8(11)10(9)13(15)16/h3-5,7,14H,6,11H2,1-2H3. The van der Waals surface area contributed by atoms with Crippen LogP contribution in [0.4, 0.5) is 17.1 Å². The van der Waals surface area contributed by atoms with Crippen molar-refractivity contribution < 1.29 is 10.0 Å². The van der Waals surface area contributed by atoms with Gasteiger partial charge in [0.2, 0.25) is 0 Å². The third-order valence-electron chi connectivity index (χ3n) is 2.18. The first-order valence-electron chi connectivity index (χ1n) is 4.85. The number of para-hydroxylation sites is 1. The molecule has 0 aliphatic rings. The van der Waals surface area contributed by atoms with E-state index in [9.17, 15) is 15.2 Å². The zero-order valence-corrected chi connectivity index (χ0v) is 9.25. The third kappa shape index (κ3) is 2.60. The van der Waals surface area contributed by atoms with Crippen LogP contribution in [-0.4, -0.2) is 29.7 Å². The topological polar surface area (TPSA) is 92.6 Å². The Morgan fingerprint density at radius 2 is 2.25 bits per heavy atom. The summed E-state index contributed by atoms with van der Waals surface area (Å²) < 4.78 is 0. The normalized spacial score (nSPS) is 12.2. The van der Waals surface area contributed by atoms with Gasteiger partial charge in [-0.3, -0.25) is 10.1 Å². The molecule has 1 aromatic rings. The summed E-state index contributed by atoms with van der Waals surface area (Å²) in [7, 11) is 1.68. The fourth-order valence-electron chi connectivity index (χ4n) is 1.55. The van der Waals surface area contributed by atoms with Crippen LogP contribution in [0, 0.1) is 10.1 Å². The minimum atomic E-state index is -0.564. The zero-order valence-electron chi connectivity index (χ0n) is 9.25. The van der Waals surface area contributed by atoms with Crippen molar-refractivity contribution in [2.75, 3.05) is 24.2 Å². The van der Waals surface area contributed by atoms with Gasteiger partial charge in [-0.2, -0.15) is 0 Å². The molecule has 0 heterocycles. The number of nitrogens with two attached hydrogens (primary N) is 1. The van der Waals surface area contributed by atoms with E-state index < -0.39 is 11.0 Å². The largest absolute Gasteiger partial charge is 0.393 e. The number of nitro benzene ring substituents is 1. The third-order valence-corrected chi connectivity index (χ3v) is 2.18. The SMILES string of the molecule is CC(O)CN(C)c1cccc(N)c1[N+](=O)[O-]. The maximum atomic E-state index is 10.9. The molecule has 0 fully saturated rings.